The Kier molecular flexibility index (Phi) is 5.83. The summed E-state index contributed by atoms with van der Waals surface area (Å²) in [7, 11) is 0. The molecule has 0 atom stereocenters. The van der Waals surface area contributed by atoms with Crippen LogP contribution in [0.5, 0.6) is 0 Å². The lowest BCUT2D eigenvalue weighted by atomic mass is 10.3. The molecule has 0 saturated carbocycles. The second-order valence-electron chi connectivity index (χ2n) is 3.57. The molecule has 1 aromatic carbocycles. The molecule has 2 amide bonds. The lowest BCUT2D eigenvalue weighted by Gasteiger charge is -2.12. The van der Waals surface area contributed by atoms with Gasteiger partial charge in [-0.25, -0.2) is 0 Å². The number of carbonyl (C=O) groups is 2. The van der Waals surface area contributed by atoms with Gasteiger partial charge in [0, 0.05) is 4.90 Å². The Morgan fingerprint density at radius 2 is 1.85 bits per heavy atom. The van der Waals surface area contributed by atoms with Crippen LogP contribution in [0.15, 0.2) is 29.2 Å². The summed E-state index contributed by atoms with van der Waals surface area (Å²) in [5.41, 5.74) is 0.612. The summed E-state index contributed by atoms with van der Waals surface area (Å²) in [6, 6.07) is 5.51. The van der Waals surface area contributed by atoms with Crippen molar-refractivity contribution in [2.24, 2.45) is 5.73 Å². The summed E-state index contributed by atoms with van der Waals surface area (Å²) in [5, 5.41) is 4.51. The highest BCUT2D eigenvalue weighted by Gasteiger charge is 2.30. The first-order chi connectivity index (χ1) is 9.31. The predicted molar refractivity (Wildman–Crippen MR) is 69.0 cm³/mol. The van der Waals surface area contributed by atoms with Gasteiger partial charge in [0.15, 0.2) is 0 Å². The van der Waals surface area contributed by atoms with Gasteiger partial charge in [-0.15, -0.1) is 0 Å². The van der Waals surface area contributed by atoms with E-state index < -0.39 is 17.3 Å². The molecule has 0 aliphatic carbocycles. The Balaban J connectivity index is 2.67. The van der Waals surface area contributed by atoms with Crippen molar-refractivity contribution in [3.63, 3.8) is 0 Å². The molecule has 5 nitrogen and oxygen atoms in total. The van der Waals surface area contributed by atoms with E-state index >= 15 is 0 Å². The molecular formula is C11H12F3N3O2S. The number of thioether (sulfide) groups is 1. The minimum atomic E-state index is -4.45. The number of halogens is 3. The van der Waals surface area contributed by atoms with Crippen molar-refractivity contribution in [3.8, 4) is 0 Å². The largest absolute Gasteiger partial charge is 0.446 e. The van der Waals surface area contributed by atoms with Crippen molar-refractivity contribution in [1.82, 2.24) is 5.32 Å². The summed E-state index contributed by atoms with van der Waals surface area (Å²) < 4.78 is 37.0. The molecule has 0 heterocycles. The standard InChI is InChI=1S/C11H12F3N3O2S/c12-11(13,14)20-8-4-2-1-3-7(8)17-10(19)6-16-9(18)5-15/h1-4H,5-6,15H2,(H,16,18)(H,17,19). The third-order valence-corrected chi connectivity index (χ3v) is 2.83. The lowest BCUT2D eigenvalue weighted by molar-refractivity contribution is -0.123. The fourth-order valence-corrected chi connectivity index (χ4v) is 1.85. The van der Waals surface area contributed by atoms with Crippen LogP contribution in [0.25, 0.3) is 0 Å². The van der Waals surface area contributed by atoms with Gasteiger partial charge in [0.1, 0.15) is 0 Å². The van der Waals surface area contributed by atoms with E-state index in [4.69, 9.17) is 5.73 Å². The number of alkyl halides is 3. The van der Waals surface area contributed by atoms with Crippen LogP contribution >= 0.6 is 11.8 Å². The molecular weight excluding hydrogens is 295 g/mol. The maximum atomic E-state index is 12.3. The summed E-state index contributed by atoms with van der Waals surface area (Å²) in [5.74, 6) is -1.17. The first-order valence-corrected chi connectivity index (χ1v) is 6.25. The minimum Gasteiger partial charge on any atom is -0.346 e. The molecule has 0 aliphatic heterocycles. The predicted octanol–water partition coefficient (Wildman–Crippen LogP) is 1.31. The fraction of sp³-hybridized carbons (Fsp3) is 0.273. The second kappa shape index (κ2) is 7.15. The number of benzene rings is 1. The Bertz CT molecular complexity index is 494. The maximum absolute atomic E-state index is 12.3. The Hall–Kier alpha value is -1.74. The van der Waals surface area contributed by atoms with Gasteiger partial charge < -0.3 is 16.4 Å². The quantitative estimate of drug-likeness (QED) is 0.716. The molecule has 0 radical (unpaired) electrons. The first-order valence-electron chi connectivity index (χ1n) is 5.43. The topological polar surface area (TPSA) is 84.2 Å². The third-order valence-electron chi connectivity index (χ3n) is 2.02. The van der Waals surface area contributed by atoms with Gasteiger partial charge in [-0.05, 0) is 23.9 Å². The van der Waals surface area contributed by atoms with E-state index in [0.717, 1.165) is 0 Å². The van der Waals surface area contributed by atoms with Crippen LogP contribution < -0.4 is 16.4 Å². The summed E-state index contributed by atoms with van der Waals surface area (Å²) >= 11 is -0.324. The summed E-state index contributed by atoms with van der Waals surface area (Å²) in [4.78, 5) is 22.2. The number of hydrogen-bond donors (Lipinski definition) is 3. The van der Waals surface area contributed by atoms with E-state index in [-0.39, 0.29) is 35.4 Å². The zero-order chi connectivity index (χ0) is 15.2. The average molecular weight is 307 g/mol. The number of hydrogen-bond acceptors (Lipinski definition) is 4. The zero-order valence-electron chi connectivity index (χ0n) is 10.2. The van der Waals surface area contributed by atoms with E-state index in [1.807, 2.05) is 0 Å². The Morgan fingerprint density at radius 1 is 1.20 bits per heavy atom. The molecule has 0 saturated heterocycles. The van der Waals surface area contributed by atoms with Crippen molar-refractivity contribution in [2.45, 2.75) is 10.4 Å². The van der Waals surface area contributed by atoms with Gasteiger partial charge in [-0.3, -0.25) is 9.59 Å². The third kappa shape index (κ3) is 5.93. The average Bonchev–Trinajstić information content (AvgIpc) is 2.36. The van der Waals surface area contributed by atoms with Gasteiger partial charge in [-0.2, -0.15) is 13.2 Å². The summed E-state index contributed by atoms with van der Waals surface area (Å²) in [6.07, 6.45) is 0. The maximum Gasteiger partial charge on any atom is 0.446 e. The van der Waals surface area contributed by atoms with Crippen LogP contribution in [-0.2, 0) is 9.59 Å². The molecule has 1 aromatic rings. The molecule has 0 aliphatic rings. The highest BCUT2D eigenvalue weighted by atomic mass is 32.2. The molecule has 0 unspecified atom stereocenters. The second-order valence-corrected chi connectivity index (χ2v) is 4.68. The lowest BCUT2D eigenvalue weighted by Crippen LogP contribution is -2.36. The number of nitrogens with one attached hydrogen (secondary N) is 2. The number of anilines is 1. The highest BCUT2D eigenvalue weighted by molar-refractivity contribution is 8.00. The van der Waals surface area contributed by atoms with Crippen LogP contribution in [0.1, 0.15) is 0 Å². The molecule has 110 valence electrons. The molecule has 9 heteroatoms. The minimum absolute atomic E-state index is 0.0295. The Morgan fingerprint density at radius 3 is 2.45 bits per heavy atom. The monoisotopic (exact) mass is 307 g/mol. The number of rotatable bonds is 5. The van der Waals surface area contributed by atoms with Crippen LogP contribution in [0.2, 0.25) is 0 Å². The smallest absolute Gasteiger partial charge is 0.346 e. The van der Waals surface area contributed by atoms with Crippen LogP contribution in [-0.4, -0.2) is 30.4 Å². The SMILES string of the molecule is NCC(=O)NCC(=O)Nc1ccccc1SC(F)(F)F. The highest BCUT2D eigenvalue weighted by Crippen LogP contribution is 2.40. The zero-order valence-corrected chi connectivity index (χ0v) is 11.0. The fourth-order valence-electron chi connectivity index (χ4n) is 1.23. The molecule has 0 spiro atoms. The van der Waals surface area contributed by atoms with Gasteiger partial charge in [-0.1, -0.05) is 12.1 Å². The molecule has 20 heavy (non-hydrogen) atoms. The molecule has 0 aromatic heterocycles. The molecule has 0 fully saturated rings. The summed E-state index contributed by atoms with van der Waals surface area (Å²) in [6.45, 7) is -0.630. The van der Waals surface area contributed by atoms with Gasteiger partial charge in [0.25, 0.3) is 0 Å². The van der Waals surface area contributed by atoms with Gasteiger partial charge >= 0.3 is 5.51 Å². The van der Waals surface area contributed by atoms with Crippen molar-refractivity contribution >= 4 is 29.3 Å². The van der Waals surface area contributed by atoms with E-state index in [0.29, 0.717) is 0 Å². The van der Waals surface area contributed by atoms with E-state index in [9.17, 15) is 22.8 Å². The van der Waals surface area contributed by atoms with Crippen molar-refractivity contribution in [1.29, 1.82) is 0 Å². The number of amides is 2. The van der Waals surface area contributed by atoms with E-state index in [1.54, 1.807) is 0 Å². The first kappa shape index (κ1) is 16.3. The van der Waals surface area contributed by atoms with Crippen molar-refractivity contribution in [2.75, 3.05) is 18.4 Å². The van der Waals surface area contributed by atoms with Crippen molar-refractivity contribution < 1.29 is 22.8 Å². The van der Waals surface area contributed by atoms with E-state index in [1.165, 1.54) is 24.3 Å². The number of nitrogens with two attached hydrogens (primary N) is 1. The molecule has 4 N–H and O–H groups in total. The van der Waals surface area contributed by atoms with E-state index in [2.05, 4.69) is 10.6 Å². The van der Waals surface area contributed by atoms with Crippen LogP contribution in [0.3, 0.4) is 0 Å². The molecule has 0 bridgehead atoms. The number of para-hydroxylation sites is 1. The van der Waals surface area contributed by atoms with Crippen LogP contribution in [0, 0.1) is 0 Å². The van der Waals surface area contributed by atoms with Gasteiger partial charge in [0.2, 0.25) is 11.8 Å². The number of carbonyl (C=O) groups excluding carboxylic acids is 2. The normalized spacial score (nSPS) is 11.0. The Labute approximate surface area is 117 Å². The van der Waals surface area contributed by atoms with Gasteiger partial charge in [0.05, 0.1) is 18.8 Å². The molecule has 1 rings (SSSR count). The van der Waals surface area contributed by atoms with Crippen LogP contribution in [0.4, 0.5) is 18.9 Å². The van der Waals surface area contributed by atoms with Crippen molar-refractivity contribution in [3.05, 3.63) is 24.3 Å².